The first-order valence-electron chi connectivity index (χ1n) is 10.1. The maximum absolute atomic E-state index is 9.30. The van der Waals surface area contributed by atoms with E-state index in [4.69, 9.17) is 4.98 Å². The number of pyridine rings is 1. The summed E-state index contributed by atoms with van der Waals surface area (Å²) >= 11 is 0. The highest BCUT2D eigenvalue weighted by Gasteiger charge is 2.30. The Kier molecular flexibility index (Phi) is 4.32. The Labute approximate surface area is 169 Å². The van der Waals surface area contributed by atoms with Gasteiger partial charge in [0, 0.05) is 50.7 Å². The van der Waals surface area contributed by atoms with Crippen LogP contribution in [0, 0.1) is 11.3 Å². The van der Waals surface area contributed by atoms with Crippen molar-refractivity contribution < 1.29 is 0 Å². The van der Waals surface area contributed by atoms with E-state index in [1.54, 1.807) is 24.7 Å². The lowest BCUT2D eigenvalue weighted by Crippen LogP contribution is -2.54. The van der Waals surface area contributed by atoms with E-state index in [1.165, 1.54) is 6.42 Å². The molecule has 0 bridgehead atoms. The Morgan fingerprint density at radius 1 is 1.21 bits per heavy atom. The van der Waals surface area contributed by atoms with Crippen molar-refractivity contribution in [2.75, 3.05) is 36.0 Å². The fourth-order valence-corrected chi connectivity index (χ4v) is 4.15. The number of nitrogens with zero attached hydrogens (tertiary/aromatic N) is 7. The summed E-state index contributed by atoms with van der Waals surface area (Å²) in [6, 6.07) is 6.47. The van der Waals surface area contributed by atoms with Crippen LogP contribution in [0.5, 0.6) is 0 Å². The van der Waals surface area contributed by atoms with Crippen molar-refractivity contribution in [1.29, 1.82) is 5.26 Å². The average molecular weight is 388 g/mol. The van der Waals surface area contributed by atoms with Crippen molar-refractivity contribution >= 4 is 22.5 Å². The highest BCUT2D eigenvalue weighted by molar-refractivity contribution is 6.01. The lowest BCUT2D eigenvalue weighted by molar-refractivity contribution is 0.423. The summed E-state index contributed by atoms with van der Waals surface area (Å²) in [5.41, 5.74) is 2.56. The molecule has 0 aliphatic carbocycles. The van der Waals surface area contributed by atoms with Gasteiger partial charge in [-0.1, -0.05) is 0 Å². The van der Waals surface area contributed by atoms with E-state index in [0.717, 1.165) is 48.7 Å². The number of fused-ring (bicyclic) bond motifs is 1. The third-order valence-corrected chi connectivity index (χ3v) is 5.90. The summed E-state index contributed by atoms with van der Waals surface area (Å²) in [6.07, 6.45) is 6.60. The van der Waals surface area contributed by atoms with Crippen LogP contribution < -0.4 is 15.1 Å². The van der Waals surface area contributed by atoms with Crippen LogP contribution in [-0.4, -0.2) is 57.8 Å². The quantitative estimate of drug-likeness (QED) is 0.735. The van der Waals surface area contributed by atoms with Crippen LogP contribution in [0.15, 0.2) is 30.9 Å². The molecule has 5 rings (SSSR count). The molecule has 5 heterocycles. The first-order chi connectivity index (χ1) is 14.2. The average Bonchev–Trinajstić information content (AvgIpc) is 3.08. The van der Waals surface area contributed by atoms with E-state index in [0.29, 0.717) is 23.5 Å². The molecular formula is C21H24N8. The van der Waals surface area contributed by atoms with E-state index >= 15 is 0 Å². The lowest BCUT2D eigenvalue weighted by atomic mass is 10.1. The Bertz CT molecular complexity index is 1090. The molecule has 2 aliphatic heterocycles. The zero-order valence-corrected chi connectivity index (χ0v) is 16.7. The normalized spacial score (nSPS) is 21.8. The molecule has 3 aromatic heterocycles. The molecule has 8 heteroatoms. The molecule has 0 aromatic carbocycles. The number of hydrogen-bond acceptors (Lipinski definition) is 7. The summed E-state index contributed by atoms with van der Waals surface area (Å²) in [4.78, 5) is 18.6. The van der Waals surface area contributed by atoms with Crippen molar-refractivity contribution in [2.45, 2.75) is 32.4 Å². The van der Waals surface area contributed by atoms with Gasteiger partial charge in [-0.05, 0) is 32.4 Å². The van der Waals surface area contributed by atoms with Gasteiger partial charge in [0.25, 0.3) is 0 Å². The van der Waals surface area contributed by atoms with Gasteiger partial charge in [-0.15, -0.1) is 0 Å². The van der Waals surface area contributed by atoms with E-state index in [1.807, 2.05) is 4.57 Å². The Morgan fingerprint density at radius 2 is 2.07 bits per heavy atom. The standard InChI is InChI=1S/C21H24N8/c1-14-11-28(15(2)10-24-14)20-19-17(27-6-3-7-27)12-29(21(19)26-13-25-20)18-8-16(9-22)4-5-23-18/h4-5,8,12-15,24H,3,6-7,10-11H2,1-2H3/t14-,15+/m1/s1. The van der Waals surface area contributed by atoms with Crippen LogP contribution in [-0.2, 0) is 0 Å². The molecule has 1 N–H and O–H groups in total. The fraction of sp³-hybridized carbons (Fsp3) is 0.429. The molecule has 2 atom stereocenters. The maximum atomic E-state index is 9.30. The SMILES string of the molecule is C[C@@H]1CN(c2ncnc3c2c(N2CCC2)cn3-c2cc(C#N)ccn2)[C@@H](C)CN1. The number of nitriles is 1. The molecule has 2 saturated heterocycles. The molecule has 2 fully saturated rings. The summed E-state index contributed by atoms with van der Waals surface area (Å²) < 4.78 is 1.99. The van der Waals surface area contributed by atoms with Gasteiger partial charge in [-0.25, -0.2) is 15.0 Å². The van der Waals surface area contributed by atoms with Crippen molar-refractivity contribution in [3.8, 4) is 11.9 Å². The van der Waals surface area contributed by atoms with Crippen LogP contribution in [0.4, 0.5) is 11.5 Å². The fourth-order valence-electron chi connectivity index (χ4n) is 4.15. The highest BCUT2D eigenvalue weighted by Crippen LogP contribution is 2.38. The number of hydrogen-bond donors (Lipinski definition) is 1. The molecule has 148 valence electrons. The maximum Gasteiger partial charge on any atom is 0.153 e. The first kappa shape index (κ1) is 17.9. The molecule has 0 spiro atoms. The number of aromatic nitrogens is 4. The van der Waals surface area contributed by atoms with Crippen LogP contribution in [0.25, 0.3) is 16.9 Å². The molecule has 0 unspecified atom stereocenters. The van der Waals surface area contributed by atoms with Crippen molar-refractivity contribution in [2.24, 2.45) is 0 Å². The number of rotatable bonds is 3. The summed E-state index contributed by atoms with van der Waals surface area (Å²) in [6.45, 7) is 8.33. The van der Waals surface area contributed by atoms with E-state index in [9.17, 15) is 5.26 Å². The van der Waals surface area contributed by atoms with Gasteiger partial charge in [0.2, 0.25) is 0 Å². The molecule has 3 aromatic rings. The van der Waals surface area contributed by atoms with Gasteiger partial charge >= 0.3 is 0 Å². The van der Waals surface area contributed by atoms with Gasteiger partial charge in [0.05, 0.1) is 22.7 Å². The van der Waals surface area contributed by atoms with Crippen molar-refractivity contribution in [3.05, 3.63) is 36.4 Å². The molecule has 29 heavy (non-hydrogen) atoms. The second-order valence-corrected chi connectivity index (χ2v) is 7.95. The largest absolute Gasteiger partial charge is 0.369 e. The third-order valence-electron chi connectivity index (χ3n) is 5.90. The van der Waals surface area contributed by atoms with Crippen molar-refractivity contribution in [1.82, 2.24) is 24.8 Å². The van der Waals surface area contributed by atoms with Gasteiger partial charge < -0.3 is 15.1 Å². The second kappa shape index (κ2) is 7.01. The number of nitrogens with one attached hydrogen (secondary N) is 1. The van der Waals surface area contributed by atoms with Crippen LogP contribution >= 0.6 is 0 Å². The summed E-state index contributed by atoms with van der Waals surface area (Å²) in [5, 5.41) is 13.9. The topological polar surface area (TPSA) is 85.9 Å². The molecule has 0 radical (unpaired) electrons. The van der Waals surface area contributed by atoms with E-state index < -0.39 is 0 Å². The molecular weight excluding hydrogens is 364 g/mol. The molecule has 0 saturated carbocycles. The lowest BCUT2D eigenvalue weighted by Gasteiger charge is -2.39. The highest BCUT2D eigenvalue weighted by atomic mass is 15.3. The molecule has 8 nitrogen and oxygen atoms in total. The minimum absolute atomic E-state index is 0.344. The van der Waals surface area contributed by atoms with Gasteiger partial charge in [0.1, 0.15) is 18.0 Å². The Balaban J connectivity index is 1.72. The van der Waals surface area contributed by atoms with Crippen molar-refractivity contribution in [3.63, 3.8) is 0 Å². The number of anilines is 2. The zero-order valence-electron chi connectivity index (χ0n) is 16.7. The smallest absolute Gasteiger partial charge is 0.153 e. The van der Waals surface area contributed by atoms with Gasteiger partial charge in [-0.2, -0.15) is 5.26 Å². The van der Waals surface area contributed by atoms with E-state index in [2.05, 4.69) is 51.2 Å². The zero-order chi connectivity index (χ0) is 20.0. The van der Waals surface area contributed by atoms with Gasteiger partial charge in [-0.3, -0.25) is 4.57 Å². The molecule has 0 amide bonds. The van der Waals surface area contributed by atoms with Crippen LogP contribution in [0.2, 0.25) is 0 Å². The minimum atomic E-state index is 0.344. The minimum Gasteiger partial charge on any atom is -0.369 e. The third kappa shape index (κ3) is 2.98. The van der Waals surface area contributed by atoms with Gasteiger partial charge in [0.15, 0.2) is 5.65 Å². The molecule has 2 aliphatic rings. The summed E-state index contributed by atoms with van der Waals surface area (Å²) in [5.74, 6) is 1.68. The monoisotopic (exact) mass is 388 g/mol. The Morgan fingerprint density at radius 3 is 2.83 bits per heavy atom. The second-order valence-electron chi connectivity index (χ2n) is 7.95. The predicted molar refractivity (Wildman–Crippen MR) is 112 cm³/mol. The first-order valence-corrected chi connectivity index (χ1v) is 10.1. The predicted octanol–water partition coefficient (Wildman–Crippen LogP) is 2.08. The summed E-state index contributed by atoms with van der Waals surface area (Å²) in [7, 11) is 0. The van der Waals surface area contributed by atoms with E-state index in [-0.39, 0.29) is 0 Å². The van der Waals surface area contributed by atoms with Crippen LogP contribution in [0.3, 0.4) is 0 Å². The Hall–Kier alpha value is -3.18. The van der Waals surface area contributed by atoms with Crippen LogP contribution in [0.1, 0.15) is 25.8 Å². The number of piperazine rings is 1.